The molecule has 0 saturated carbocycles. The molecule has 0 amide bonds. The van der Waals surface area contributed by atoms with E-state index in [1.54, 1.807) is 18.2 Å². The second-order valence-electron chi connectivity index (χ2n) is 4.72. The summed E-state index contributed by atoms with van der Waals surface area (Å²) < 4.78 is 33.8. The van der Waals surface area contributed by atoms with Crippen LogP contribution in [0.1, 0.15) is 17.5 Å². The van der Waals surface area contributed by atoms with Gasteiger partial charge in [-0.1, -0.05) is 18.2 Å². The molecule has 1 N–H and O–H groups in total. The van der Waals surface area contributed by atoms with Crippen molar-refractivity contribution < 1.29 is 18.6 Å². The Balaban J connectivity index is 2.32. The molecule has 22 heavy (non-hydrogen) atoms. The number of ether oxygens (including phenoxy) is 1. The molecule has 0 bridgehead atoms. The van der Waals surface area contributed by atoms with Gasteiger partial charge in [-0.2, -0.15) is 5.26 Å². The molecule has 2 aromatic rings. The molecule has 0 fully saturated rings. The molecule has 0 aromatic heterocycles. The van der Waals surface area contributed by atoms with Crippen LogP contribution in [0.5, 0.6) is 0 Å². The van der Waals surface area contributed by atoms with E-state index in [-0.39, 0.29) is 24.3 Å². The molecule has 5 heteroatoms. The van der Waals surface area contributed by atoms with Crippen molar-refractivity contribution in [2.24, 2.45) is 0 Å². The number of aliphatic hydroxyl groups is 1. The van der Waals surface area contributed by atoms with Crippen molar-refractivity contribution in [2.45, 2.75) is 13.0 Å². The average Bonchev–Trinajstić information content (AvgIpc) is 2.53. The van der Waals surface area contributed by atoms with Crippen LogP contribution < -0.4 is 0 Å². The molecule has 0 heterocycles. The van der Waals surface area contributed by atoms with Crippen LogP contribution >= 0.6 is 0 Å². The molecule has 0 spiro atoms. The van der Waals surface area contributed by atoms with Crippen molar-refractivity contribution >= 4 is 0 Å². The van der Waals surface area contributed by atoms with Gasteiger partial charge in [-0.15, -0.1) is 0 Å². The van der Waals surface area contributed by atoms with Gasteiger partial charge < -0.3 is 9.84 Å². The summed E-state index contributed by atoms with van der Waals surface area (Å²) >= 11 is 0. The van der Waals surface area contributed by atoms with E-state index in [0.29, 0.717) is 24.2 Å². The van der Waals surface area contributed by atoms with E-state index in [2.05, 4.69) is 0 Å². The summed E-state index contributed by atoms with van der Waals surface area (Å²) in [6.07, 6.45) is 0.458. The zero-order valence-corrected chi connectivity index (χ0v) is 11.9. The van der Waals surface area contributed by atoms with Crippen LogP contribution in [0, 0.1) is 23.0 Å². The zero-order chi connectivity index (χ0) is 15.9. The van der Waals surface area contributed by atoms with Crippen molar-refractivity contribution in [2.75, 3.05) is 13.2 Å². The maximum absolute atomic E-state index is 14.5. The molecule has 0 aliphatic carbocycles. The van der Waals surface area contributed by atoms with Gasteiger partial charge in [0, 0.05) is 18.8 Å². The first-order valence-electron chi connectivity index (χ1n) is 6.83. The predicted octanol–water partition coefficient (Wildman–Crippen LogP) is 3.40. The third kappa shape index (κ3) is 3.67. The molecular formula is C17H15F2NO2. The average molecular weight is 303 g/mol. The largest absolute Gasteiger partial charge is 0.396 e. The maximum Gasteiger partial charge on any atom is 0.139 e. The lowest BCUT2D eigenvalue weighted by Gasteiger charge is -2.11. The Labute approximate surface area is 127 Å². The number of rotatable bonds is 6. The number of nitrogens with zero attached hydrogens (tertiary/aromatic N) is 1. The number of aliphatic hydroxyl groups excluding tert-OH is 1. The Morgan fingerprint density at radius 1 is 1.18 bits per heavy atom. The SMILES string of the molecule is N#Cc1cccc(-c2c(F)ccc(COCCCO)c2F)c1. The summed E-state index contributed by atoms with van der Waals surface area (Å²) in [4.78, 5) is 0. The summed E-state index contributed by atoms with van der Waals surface area (Å²) in [7, 11) is 0. The maximum atomic E-state index is 14.5. The fourth-order valence-electron chi connectivity index (χ4n) is 2.06. The number of halogens is 2. The van der Waals surface area contributed by atoms with Crippen molar-refractivity contribution in [3.8, 4) is 17.2 Å². The first kappa shape index (κ1) is 16.1. The topological polar surface area (TPSA) is 53.2 Å². The fourth-order valence-corrected chi connectivity index (χ4v) is 2.06. The van der Waals surface area contributed by atoms with Gasteiger partial charge in [-0.05, 0) is 30.2 Å². The summed E-state index contributed by atoms with van der Waals surface area (Å²) in [5.41, 5.74) is 0.712. The number of nitriles is 1. The van der Waals surface area contributed by atoms with Crippen LogP contribution in [0.15, 0.2) is 36.4 Å². The van der Waals surface area contributed by atoms with Gasteiger partial charge >= 0.3 is 0 Å². The van der Waals surface area contributed by atoms with Gasteiger partial charge in [0.2, 0.25) is 0 Å². The summed E-state index contributed by atoms with van der Waals surface area (Å²) in [6, 6.07) is 10.6. The van der Waals surface area contributed by atoms with Crippen LogP contribution in [0.25, 0.3) is 11.1 Å². The van der Waals surface area contributed by atoms with Crippen LogP contribution in [0.2, 0.25) is 0 Å². The highest BCUT2D eigenvalue weighted by Gasteiger charge is 2.16. The van der Waals surface area contributed by atoms with Crippen LogP contribution in [0.3, 0.4) is 0 Å². The molecule has 0 unspecified atom stereocenters. The molecule has 2 rings (SSSR count). The van der Waals surface area contributed by atoms with Gasteiger partial charge in [0.1, 0.15) is 11.6 Å². The van der Waals surface area contributed by atoms with Crippen LogP contribution in [-0.2, 0) is 11.3 Å². The minimum Gasteiger partial charge on any atom is -0.396 e. The standard InChI is InChI=1S/C17H15F2NO2/c18-15-6-5-14(11-22-8-2-7-21)17(19)16(15)13-4-1-3-12(9-13)10-20/h1,3-6,9,21H,2,7-8,11H2. The quantitative estimate of drug-likeness (QED) is 0.832. The van der Waals surface area contributed by atoms with Gasteiger partial charge in [0.15, 0.2) is 0 Å². The lowest BCUT2D eigenvalue weighted by molar-refractivity contribution is 0.102. The van der Waals surface area contributed by atoms with Crippen molar-refractivity contribution in [1.82, 2.24) is 0 Å². The van der Waals surface area contributed by atoms with Gasteiger partial charge in [-0.25, -0.2) is 8.78 Å². The lowest BCUT2D eigenvalue weighted by Crippen LogP contribution is -2.02. The predicted molar refractivity (Wildman–Crippen MR) is 77.9 cm³/mol. The first-order valence-corrected chi connectivity index (χ1v) is 6.83. The Hall–Kier alpha value is -2.29. The molecule has 0 radical (unpaired) electrons. The van der Waals surface area contributed by atoms with E-state index in [4.69, 9.17) is 15.1 Å². The van der Waals surface area contributed by atoms with E-state index in [1.165, 1.54) is 18.2 Å². The summed E-state index contributed by atoms with van der Waals surface area (Å²) in [5, 5.41) is 17.6. The third-order valence-corrected chi connectivity index (χ3v) is 3.16. The third-order valence-electron chi connectivity index (χ3n) is 3.16. The number of hydrogen-bond acceptors (Lipinski definition) is 3. The van der Waals surface area contributed by atoms with Crippen molar-refractivity contribution in [3.63, 3.8) is 0 Å². The molecule has 0 atom stereocenters. The molecule has 0 saturated heterocycles. The zero-order valence-electron chi connectivity index (χ0n) is 11.9. The van der Waals surface area contributed by atoms with Crippen molar-refractivity contribution in [3.05, 3.63) is 59.2 Å². The molecule has 3 nitrogen and oxygen atoms in total. The Bertz CT molecular complexity index is 696. The van der Waals surface area contributed by atoms with Crippen LogP contribution in [-0.4, -0.2) is 18.3 Å². The Morgan fingerprint density at radius 3 is 2.73 bits per heavy atom. The minimum absolute atomic E-state index is 0.00188. The minimum atomic E-state index is -0.695. The second-order valence-corrected chi connectivity index (χ2v) is 4.72. The highest BCUT2D eigenvalue weighted by atomic mass is 19.1. The lowest BCUT2D eigenvalue weighted by atomic mass is 10.00. The molecular weight excluding hydrogens is 288 g/mol. The summed E-state index contributed by atoms with van der Waals surface area (Å²) in [5.74, 6) is -1.38. The monoisotopic (exact) mass is 303 g/mol. The first-order chi connectivity index (χ1) is 10.7. The van der Waals surface area contributed by atoms with E-state index < -0.39 is 11.6 Å². The Kier molecular flexibility index (Phi) is 5.59. The fraction of sp³-hybridized carbons (Fsp3) is 0.235. The van der Waals surface area contributed by atoms with E-state index in [9.17, 15) is 8.78 Å². The molecule has 2 aromatic carbocycles. The van der Waals surface area contributed by atoms with Crippen LogP contribution in [0.4, 0.5) is 8.78 Å². The smallest absolute Gasteiger partial charge is 0.139 e. The summed E-state index contributed by atoms with van der Waals surface area (Å²) in [6.45, 7) is 0.293. The highest BCUT2D eigenvalue weighted by Crippen LogP contribution is 2.29. The molecule has 0 aliphatic rings. The molecule has 114 valence electrons. The Morgan fingerprint density at radius 2 is 2.00 bits per heavy atom. The number of hydrogen-bond donors (Lipinski definition) is 1. The van der Waals surface area contributed by atoms with E-state index >= 15 is 0 Å². The van der Waals surface area contributed by atoms with Gasteiger partial charge in [-0.3, -0.25) is 0 Å². The highest BCUT2D eigenvalue weighted by molar-refractivity contribution is 5.67. The number of benzene rings is 2. The van der Waals surface area contributed by atoms with E-state index in [1.807, 2.05) is 6.07 Å². The normalized spacial score (nSPS) is 10.5. The second kappa shape index (κ2) is 7.64. The van der Waals surface area contributed by atoms with Crippen molar-refractivity contribution in [1.29, 1.82) is 5.26 Å². The van der Waals surface area contributed by atoms with E-state index in [0.717, 1.165) is 0 Å². The van der Waals surface area contributed by atoms with Gasteiger partial charge in [0.05, 0.1) is 23.8 Å². The molecule has 0 aliphatic heterocycles. The van der Waals surface area contributed by atoms with Gasteiger partial charge in [0.25, 0.3) is 0 Å².